The molecule has 2 aromatic carbocycles. The van der Waals surface area contributed by atoms with Gasteiger partial charge in [-0.1, -0.05) is 74.4 Å². The second-order valence-electron chi connectivity index (χ2n) is 6.68. The molecule has 0 saturated heterocycles. The molecule has 1 atom stereocenters. The van der Waals surface area contributed by atoms with Crippen molar-refractivity contribution >= 4 is 22.9 Å². The van der Waals surface area contributed by atoms with E-state index >= 15 is 0 Å². The fourth-order valence-electron chi connectivity index (χ4n) is 3.11. The largest absolute Gasteiger partial charge is 0.345 e. The van der Waals surface area contributed by atoms with Crippen LogP contribution in [0.4, 0.5) is 0 Å². The number of carbonyl (C=O) groups is 1. The van der Waals surface area contributed by atoms with Crippen LogP contribution in [0.3, 0.4) is 0 Å². The number of carbonyl (C=O) groups excluding carboxylic acids is 1. The molecule has 4 heteroatoms. The second-order valence-corrected chi connectivity index (χ2v) is 6.68. The number of hydrogen-bond acceptors (Lipinski definition) is 3. The van der Waals surface area contributed by atoms with E-state index in [2.05, 4.69) is 17.2 Å². The Kier molecular flexibility index (Phi) is 6.54. The summed E-state index contributed by atoms with van der Waals surface area (Å²) in [6.07, 6.45) is 4.42. The highest BCUT2D eigenvalue weighted by Gasteiger charge is 2.17. The number of unbranched alkanes of at least 4 members (excludes halogenated alkanes) is 1. The van der Waals surface area contributed by atoms with E-state index in [1.807, 2.05) is 72.8 Å². The van der Waals surface area contributed by atoms with Crippen LogP contribution in [0.5, 0.6) is 0 Å². The molecule has 3 rings (SSSR count). The normalized spacial score (nSPS) is 12.4. The molecular weight excluding hydrogens is 346 g/mol. The van der Waals surface area contributed by atoms with Gasteiger partial charge in [-0.3, -0.25) is 4.79 Å². The van der Waals surface area contributed by atoms with Gasteiger partial charge in [-0.05, 0) is 30.2 Å². The average Bonchev–Trinajstić information content (AvgIpc) is 2.75. The minimum atomic E-state index is -0.373. The molecule has 0 spiro atoms. The van der Waals surface area contributed by atoms with Gasteiger partial charge in [0.25, 0.3) is 5.91 Å². The molecule has 0 aliphatic rings. The summed E-state index contributed by atoms with van der Waals surface area (Å²) in [6, 6.07) is 23.3. The number of benzene rings is 2. The summed E-state index contributed by atoms with van der Waals surface area (Å²) in [5.41, 5.74) is 2.53. The van der Waals surface area contributed by atoms with Crippen molar-refractivity contribution in [3.8, 4) is 6.07 Å². The lowest BCUT2D eigenvalue weighted by atomic mass is 10.0. The van der Waals surface area contributed by atoms with Gasteiger partial charge in [0, 0.05) is 5.39 Å². The Hall–Kier alpha value is -3.45. The number of nitrogens with one attached hydrogen (secondary N) is 1. The Balaban J connectivity index is 1.82. The predicted molar refractivity (Wildman–Crippen MR) is 112 cm³/mol. The lowest BCUT2D eigenvalue weighted by molar-refractivity contribution is -0.117. The summed E-state index contributed by atoms with van der Waals surface area (Å²) in [6.45, 7) is 2.12. The molecule has 0 unspecified atom stereocenters. The van der Waals surface area contributed by atoms with Crippen LogP contribution in [0.2, 0.25) is 0 Å². The molecule has 0 bridgehead atoms. The molecule has 140 valence electrons. The maximum atomic E-state index is 12.8. The zero-order valence-electron chi connectivity index (χ0n) is 15.9. The van der Waals surface area contributed by atoms with Crippen molar-refractivity contribution in [2.24, 2.45) is 0 Å². The van der Waals surface area contributed by atoms with Crippen LogP contribution in [0.15, 0.2) is 72.3 Å². The fourth-order valence-corrected chi connectivity index (χ4v) is 3.11. The molecule has 0 radical (unpaired) electrons. The SMILES string of the molecule is CCCC[C@H](NC(=O)/C(C#N)=C/c1ccc2ccccc2n1)c1ccccc1. The van der Waals surface area contributed by atoms with Crippen molar-refractivity contribution in [2.45, 2.75) is 32.2 Å². The zero-order valence-corrected chi connectivity index (χ0v) is 15.9. The van der Waals surface area contributed by atoms with Crippen LogP contribution in [0.25, 0.3) is 17.0 Å². The monoisotopic (exact) mass is 369 g/mol. The molecule has 28 heavy (non-hydrogen) atoms. The van der Waals surface area contributed by atoms with Gasteiger partial charge in [0.1, 0.15) is 11.6 Å². The fraction of sp³-hybridized carbons (Fsp3) is 0.208. The van der Waals surface area contributed by atoms with Crippen LogP contribution in [0, 0.1) is 11.3 Å². The van der Waals surface area contributed by atoms with Gasteiger partial charge in [0.05, 0.1) is 17.3 Å². The van der Waals surface area contributed by atoms with Gasteiger partial charge in [-0.25, -0.2) is 4.98 Å². The third-order valence-corrected chi connectivity index (χ3v) is 4.63. The molecule has 1 aromatic heterocycles. The minimum absolute atomic E-state index is 0.0558. The van der Waals surface area contributed by atoms with Gasteiger partial charge < -0.3 is 5.32 Å². The third-order valence-electron chi connectivity index (χ3n) is 4.63. The first-order chi connectivity index (χ1) is 13.7. The molecule has 1 amide bonds. The summed E-state index contributed by atoms with van der Waals surface area (Å²) < 4.78 is 0. The van der Waals surface area contributed by atoms with E-state index in [9.17, 15) is 10.1 Å². The van der Waals surface area contributed by atoms with E-state index < -0.39 is 0 Å². The van der Waals surface area contributed by atoms with Gasteiger partial charge in [-0.15, -0.1) is 0 Å². The summed E-state index contributed by atoms with van der Waals surface area (Å²) in [4.78, 5) is 17.3. The van der Waals surface area contributed by atoms with Crippen molar-refractivity contribution in [3.63, 3.8) is 0 Å². The molecule has 0 fully saturated rings. The Bertz CT molecular complexity index is 1020. The van der Waals surface area contributed by atoms with Gasteiger partial charge >= 0.3 is 0 Å². The molecule has 0 saturated carbocycles. The maximum absolute atomic E-state index is 12.8. The highest BCUT2D eigenvalue weighted by Crippen LogP contribution is 2.20. The van der Waals surface area contributed by atoms with E-state index in [0.29, 0.717) is 5.69 Å². The lowest BCUT2D eigenvalue weighted by Crippen LogP contribution is -2.29. The van der Waals surface area contributed by atoms with Crippen LogP contribution in [-0.2, 0) is 4.79 Å². The van der Waals surface area contributed by atoms with Gasteiger partial charge in [0.15, 0.2) is 0 Å². The number of pyridine rings is 1. The zero-order chi connectivity index (χ0) is 19.8. The number of rotatable bonds is 7. The van der Waals surface area contributed by atoms with Crippen LogP contribution < -0.4 is 5.32 Å². The number of nitrogens with zero attached hydrogens (tertiary/aromatic N) is 2. The summed E-state index contributed by atoms with van der Waals surface area (Å²) >= 11 is 0. The molecule has 0 aliphatic heterocycles. The summed E-state index contributed by atoms with van der Waals surface area (Å²) in [7, 11) is 0. The first-order valence-corrected chi connectivity index (χ1v) is 9.54. The van der Waals surface area contributed by atoms with E-state index in [-0.39, 0.29) is 17.5 Å². The topological polar surface area (TPSA) is 65.8 Å². The van der Waals surface area contributed by atoms with Crippen LogP contribution in [0.1, 0.15) is 43.5 Å². The van der Waals surface area contributed by atoms with Crippen molar-refractivity contribution < 1.29 is 4.79 Å². The smallest absolute Gasteiger partial charge is 0.262 e. The first kappa shape index (κ1) is 19.3. The molecular formula is C24H23N3O. The average molecular weight is 369 g/mol. The molecule has 4 nitrogen and oxygen atoms in total. The molecule has 3 aromatic rings. The number of nitriles is 1. The Morgan fingerprint density at radius 2 is 1.86 bits per heavy atom. The summed E-state index contributed by atoms with van der Waals surface area (Å²) in [5.74, 6) is -0.373. The minimum Gasteiger partial charge on any atom is -0.345 e. The number of aromatic nitrogens is 1. The second kappa shape index (κ2) is 9.48. The van der Waals surface area contributed by atoms with Gasteiger partial charge in [-0.2, -0.15) is 5.26 Å². The van der Waals surface area contributed by atoms with E-state index in [4.69, 9.17) is 0 Å². The number of amides is 1. The maximum Gasteiger partial charge on any atom is 0.262 e. The Labute approximate surface area is 165 Å². The first-order valence-electron chi connectivity index (χ1n) is 9.54. The van der Waals surface area contributed by atoms with Gasteiger partial charge in [0.2, 0.25) is 0 Å². The van der Waals surface area contributed by atoms with E-state index in [0.717, 1.165) is 35.7 Å². The molecule has 0 aliphatic carbocycles. The van der Waals surface area contributed by atoms with Crippen molar-refractivity contribution in [1.82, 2.24) is 10.3 Å². The van der Waals surface area contributed by atoms with Crippen LogP contribution >= 0.6 is 0 Å². The number of hydrogen-bond donors (Lipinski definition) is 1. The number of fused-ring (bicyclic) bond motifs is 1. The Morgan fingerprint density at radius 1 is 1.11 bits per heavy atom. The predicted octanol–water partition coefficient (Wildman–Crippen LogP) is 5.19. The van der Waals surface area contributed by atoms with Crippen LogP contribution in [-0.4, -0.2) is 10.9 Å². The van der Waals surface area contributed by atoms with Crippen molar-refractivity contribution in [3.05, 3.63) is 83.6 Å². The molecule has 1 N–H and O–H groups in total. The summed E-state index contributed by atoms with van der Waals surface area (Å²) in [5, 5.41) is 13.6. The van der Waals surface area contributed by atoms with E-state index in [1.54, 1.807) is 6.08 Å². The quantitative estimate of drug-likeness (QED) is 0.460. The van der Waals surface area contributed by atoms with Crippen molar-refractivity contribution in [1.29, 1.82) is 5.26 Å². The highest BCUT2D eigenvalue weighted by molar-refractivity contribution is 6.01. The standard InChI is InChI=1S/C24H23N3O/c1-2-3-12-23(18-9-5-4-6-10-18)27-24(28)20(17-25)16-21-15-14-19-11-7-8-13-22(19)26-21/h4-11,13-16,23H,2-3,12H2,1H3,(H,27,28)/b20-16+/t23-/m0/s1. The van der Waals surface area contributed by atoms with E-state index in [1.165, 1.54) is 0 Å². The molecule has 1 heterocycles. The number of para-hydroxylation sites is 1. The lowest BCUT2D eigenvalue weighted by Gasteiger charge is -2.19. The highest BCUT2D eigenvalue weighted by atomic mass is 16.1. The third kappa shape index (κ3) is 4.83. The Morgan fingerprint density at radius 3 is 2.61 bits per heavy atom. The van der Waals surface area contributed by atoms with Crippen molar-refractivity contribution in [2.75, 3.05) is 0 Å².